The Bertz CT molecular complexity index is 1100. The lowest BCUT2D eigenvalue weighted by Gasteiger charge is -2.07. The summed E-state index contributed by atoms with van der Waals surface area (Å²) in [5.41, 5.74) is 4.89. The van der Waals surface area contributed by atoms with Gasteiger partial charge in [0.1, 0.15) is 0 Å². The van der Waals surface area contributed by atoms with Gasteiger partial charge < -0.3 is 5.32 Å². The molecule has 0 aliphatic heterocycles. The minimum Gasteiger partial charge on any atom is -0.325 e. The molecule has 26 heavy (non-hydrogen) atoms. The van der Waals surface area contributed by atoms with E-state index in [0.717, 1.165) is 38.5 Å². The van der Waals surface area contributed by atoms with Gasteiger partial charge in [-0.05, 0) is 49.1 Å². The van der Waals surface area contributed by atoms with Gasteiger partial charge in [0.15, 0.2) is 10.8 Å². The Morgan fingerprint density at radius 3 is 2.65 bits per heavy atom. The number of thioether (sulfide) groups is 1. The summed E-state index contributed by atoms with van der Waals surface area (Å²) >= 11 is 1.39. The van der Waals surface area contributed by atoms with Gasteiger partial charge in [0.2, 0.25) is 5.91 Å². The van der Waals surface area contributed by atoms with Gasteiger partial charge >= 0.3 is 0 Å². The van der Waals surface area contributed by atoms with Crippen LogP contribution in [0, 0.1) is 13.8 Å². The van der Waals surface area contributed by atoms with Crippen molar-refractivity contribution in [2.45, 2.75) is 19.0 Å². The molecule has 6 heteroatoms. The molecule has 0 aliphatic carbocycles. The zero-order chi connectivity index (χ0) is 18.1. The van der Waals surface area contributed by atoms with Crippen molar-refractivity contribution in [3.8, 4) is 0 Å². The monoisotopic (exact) mass is 362 g/mol. The molecule has 0 unspecified atom stereocenters. The van der Waals surface area contributed by atoms with Gasteiger partial charge in [0, 0.05) is 5.69 Å². The van der Waals surface area contributed by atoms with Crippen molar-refractivity contribution in [3.05, 3.63) is 65.7 Å². The molecule has 2 aromatic carbocycles. The number of nitrogens with zero attached hydrogens (tertiary/aromatic N) is 3. The molecule has 0 fully saturated rings. The van der Waals surface area contributed by atoms with E-state index in [1.807, 2.05) is 60.7 Å². The van der Waals surface area contributed by atoms with E-state index in [1.165, 1.54) is 11.8 Å². The van der Waals surface area contributed by atoms with Crippen LogP contribution in [0.25, 0.3) is 16.6 Å². The molecular weight excluding hydrogens is 344 g/mol. The van der Waals surface area contributed by atoms with E-state index in [9.17, 15) is 4.79 Å². The smallest absolute Gasteiger partial charge is 0.234 e. The number of nitrogens with one attached hydrogen (secondary N) is 1. The van der Waals surface area contributed by atoms with Crippen LogP contribution in [0.3, 0.4) is 0 Å². The van der Waals surface area contributed by atoms with Crippen LogP contribution in [0.2, 0.25) is 0 Å². The van der Waals surface area contributed by atoms with E-state index < -0.39 is 0 Å². The van der Waals surface area contributed by atoms with Crippen molar-refractivity contribution in [1.82, 2.24) is 14.6 Å². The van der Waals surface area contributed by atoms with Crippen molar-refractivity contribution in [3.63, 3.8) is 0 Å². The number of pyridine rings is 1. The third kappa shape index (κ3) is 3.15. The van der Waals surface area contributed by atoms with Crippen molar-refractivity contribution >= 4 is 39.9 Å². The van der Waals surface area contributed by atoms with E-state index in [4.69, 9.17) is 0 Å². The first kappa shape index (κ1) is 16.6. The number of anilines is 1. The minimum absolute atomic E-state index is 0.0624. The third-order valence-corrected chi connectivity index (χ3v) is 5.13. The molecule has 0 spiro atoms. The third-order valence-electron chi connectivity index (χ3n) is 4.20. The number of para-hydroxylation sites is 1. The molecule has 0 radical (unpaired) electrons. The highest BCUT2D eigenvalue weighted by Crippen LogP contribution is 2.25. The molecule has 0 saturated carbocycles. The maximum absolute atomic E-state index is 12.3. The molecule has 0 atom stereocenters. The summed E-state index contributed by atoms with van der Waals surface area (Å²) in [6, 6.07) is 18.0. The lowest BCUT2D eigenvalue weighted by Crippen LogP contribution is -2.14. The normalized spacial score (nSPS) is 11.2. The SMILES string of the molecule is Cc1ccc(NC(=O)CSc2nnc3c(C)cc4ccccc4n23)cc1. The molecule has 0 bridgehead atoms. The number of carbonyl (C=O) groups is 1. The van der Waals surface area contributed by atoms with Crippen LogP contribution in [-0.2, 0) is 4.79 Å². The average molecular weight is 362 g/mol. The van der Waals surface area contributed by atoms with Gasteiger partial charge in [-0.1, -0.05) is 47.7 Å². The van der Waals surface area contributed by atoms with Gasteiger partial charge in [-0.15, -0.1) is 10.2 Å². The number of rotatable bonds is 4. The Morgan fingerprint density at radius 2 is 1.85 bits per heavy atom. The molecule has 5 nitrogen and oxygen atoms in total. The van der Waals surface area contributed by atoms with Crippen molar-refractivity contribution in [2.24, 2.45) is 0 Å². The summed E-state index contributed by atoms with van der Waals surface area (Å²) < 4.78 is 2.02. The maximum Gasteiger partial charge on any atom is 0.234 e. The highest BCUT2D eigenvalue weighted by molar-refractivity contribution is 7.99. The molecule has 0 saturated heterocycles. The first-order chi connectivity index (χ1) is 12.6. The summed E-state index contributed by atoms with van der Waals surface area (Å²) in [6.45, 7) is 4.04. The predicted octanol–water partition coefficient (Wildman–Crippen LogP) is 4.23. The van der Waals surface area contributed by atoms with Crippen molar-refractivity contribution in [2.75, 3.05) is 11.1 Å². The van der Waals surface area contributed by atoms with Gasteiger partial charge in [-0.25, -0.2) is 0 Å². The molecule has 0 aliphatic rings. The Kier molecular flexibility index (Phi) is 4.34. The van der Waals surface area contributed by atoms with Crippen LogP contribution < -0.4 is 5.32 Å². The highest BCUT2D eigenvalue weighted by Gasteiger charge is 2.13. The summed E-state index contributed by atoms with van der Waals surface area (Å²) in [5, 5.41) is 13.4. The van der Waals surface area contributed by atoms with E-state index in [-0.39, 0.29) is 11.7 Å². The Balaban J connectivity index is 1.57. The standard InChI is InChI=1S/C20H18N4OS/c1-13-7-9-16(10-8-13)21-18(25)12-26-20-23-22-19-14(2)11-15-5-3-4-6-17(15)24(19)20/h3-11H,12H2,1-2H3,(H,21,25). The zero-order valence-electron chi connectivity index (χ0n) is 14.6. The Hall–Kier alpha value is -2.86. The fraction of sp³-hybridized carbons (Fsp3) is 0.150. The first-order valence-corrected chi connectivity index (χ1v) is 9.33. The van der Waals surface area contributed by atoms with Crippen LogP contribution in [-0.4, -0.2) is 26.3 Å². The second-order valence-electron chi connectivity index (χ2n) is 6.23. The van der Waals surface area contributed by atoms with Gasteiger partial charge in [0.05, 0.1) is 11.3 Å². The van der Waals surface area contributed by atoms with Crippen LogP contribution in [0.5, 0.6) is 0 Å². The molecule has 1 N–H and O–H groups in total. The van der Waals surface area contributed by atoms with Crippen LogP contribution in [0.1, 0.15) is 11.1 Å². The Morgan fingerprint density at radius 1 is 1.08 bits per heavy atom. The van der Waals surface area contributed by atoms with Gasteiger partial charge in [0.25, 0.3) is 0 Å². The number of fused-ring (bicyclic) bond motifs is 3. The summed E-state index contributed by atoms with van der Waals surface area (Å²) in [7, 11) is 0. The largest absolute Gasteiger partial charge is 0.325 e. The summed E-state index contributed by atoms with van der Waals surface area (Å²) in [5.74, 6) is 0.212. The number of amides is 1. The Labute approximate surface area is 155 Å². The minimum atomic E-state index is -0.0624. The topological polar surface area (TPSA) is 59.3 Å². The van der Waals surface area contributed by atoms with Gasteiger partial charge in [-0.3, -0.25) is 9.20 Å². The van der Waals surface area contributed by atoms with E-state index >= 15 is 0 Å². The van der Waals surface area contributed by atoms with Crippen molar-refractivity contribution < 1.29 is 4.79 Å². The average Bonchev–Trinajstić information content (AvgIpc) is 3.07. The molecule has 1 amide bonds. The molecule has 2 aromatic heterocycles. The lowest BCUT2D eigenvalue weighted by molar-refractivity contribution is -0.113. The molecule has 4 aromatic rings. The van der Waals surface area contributed by atoms with Crippen LogP contribution >= 0.6 is 11.8 Å². The number of hydrogen-bond acceptors (Lipinski definition) is 4. The number of aromatic nitrogens is 3. The first-order valence-electron chi connectivity index (χ1n) is 8.34. The second-order valence-corrected chi connectivity index (χ2v) is 7.17. The van der Waals surface area contributed by atoms with Gasteiger partial charge in [-0.2, -0.15) is 0 Å². The number of aryl methyl sites for hydroxylation is 2. The molecule has 2 heterocycles. The van der Waals surface area contributed by atoms with E-state index in [1.54, 1.807) is 0 Å². The molecular formula is C20H18N4OS. The molecule has 4 rings (SSSR count). The quantitative estimate of drug-likeness (QED) is 0.552. The van der Waals surface area contributed by atoms with Crippen LogP contribution in [0.15, 0.2) is 59.8 Å². The number of hydrogen-bond donors (Lipinski definition) is 1. The predicted molar refractivity (Wildman–Crippen MR) is 106 cm³/mol. The maximum atomic E-state index is 12.3. The number of carbonyl (C=O) groups excluding carboxylic acids is 1. The van der Waals surface area contributed by atoms with Crippen molar-refractivity contribution in [1.29, 1.82) is 0 Å². The lowest BCUT2D eigenvalue weighted by atomic mass is 10.1. The van der Waals surface area contributed by atoms with Crippen LogP contribution in [0.4, 0.5) is 5.69 Å². The second kappa shape index (κ2) is 6.80. The van der Waals surface area contributed by atoms with E-state index in [0.29, 0.717) is 0 Å². The fourth-order valence-corrected chi connectivity index (χ4v) is 3.66. The summed E-state index contributed by atoms with van der Waals surface area (Å²) in [4.78, 5) is 12.3. The highest BCUT2D eigenvalue weighted by atomic mass is 32.2. The fourth-order valence-electron chi connectivity index (χ4n) is 2.91. The zero-order valence-corrected chi connectivity index (χ0v) is 15.4. The molecule has 130 valence electrons. The number of benzene rings is 2. The summed E-state index contributed by atoms with van der Waals surface area (Å²) in [6.07, 6.45) is 0. The van der Waals surface area contributed by atoms with E-state index in [2.05, 4.69) is 27.6 Å².